The molecule has 0 bridgehead atoms. The maximum Gasteiger partial charge on any atom is 0.287 e. The zero-order valence-electron chi connectivity index (χ0n) is 9.34. The molecule has 1 aromatic carbocycles. The molecule has 0 saturated heterocycles. The summed E-state index contributed by atoms with van der Waals surface area (Å²) in [5.41, 5.74) is 1.19. The van der Waals surface area contributed by atoms with Crippen molar-refractivity contribution in [3.05, 3.63) is 35.9 Å². The summed E-state index contributed by atoms with van der Waals surface area (Å²) in [6.45, 7) is 2.08. The Labute approximate surface area is 90.4 Å². The van der Waals surface area contributed by atoms with E-state index in [0.29, 0.717) is 0 Å². The van der Waals surface area contributed by atoms with Gasteiger partial charge in [-0.3, -0.25) is 0 Å². The number of hydrogen-bond acceptors (Lipinski definition) is 3. The lowest BCUT2D eigenvalue weighted by atomic mass is 10.0. The Morgan fingerprint density at radius 1 is 1.20 bits per heavy atom. The molecule has 0 N–H and O–H groups in total. The van der Waals surface area contributed by atoms with Crippen LogP contribution in [-0.4, -0.2) is 31.1 Å². The third-order valence-corrected chi connectivity index (χ3v) is 2.50. The highest BCUT2D eigenvalue weighted by Gasteiger charge is 2.29. The van der Waals surface area contributed by atoms with Crippen LogP contribution in [0.5, 0.6) is 0 Å². The average molecular weight is 204 g/mol. The van der Waals surface area contributed by atoms with Crippen LogP contribution in [0.3, 0.4) is 0 Å². The largest absolute Gasteiger partial charge is 0.455 e. The molecule has 1 aliphatic rings. The lowest BCUT2D eigenvalue weighted by molar-refractivity contribution is 0.178. The van der Waals surface area contributed by atoms with Crippen LogP contribution in [0.25, 0.3) is 0 Å². The Morgan fingerprint density at radius 3 is 2.40 bits per heavy atom. The minimum Gasteiger partial charge on any atom is -0.455 e. The van der Waals surface area contributed by atoms with Gasteiger partial charge in [-0.2, -0.15) is 0 Å². The number of rotatable bonds is 1. The fourth-order valence-corrected chi connectivity index (χ4v) is 1.69. The van der Waals surface area contributed by atoms with Gasteiger partial charge in [0.25, 0.3) is 6.02 Å². The second kappa shape index (κ2) is 3.93. The fraction of sp³-hybridized carbons (Fsp3) is 0.417. The van der Waals surface area contributed by atoms with Crippen molar-refractivity contribution in [1.29, 1.82) is 0 Å². The van der Waals surface area contributed by atoms with E-state index in [9.17, 15) is 0 Å². The molecule has 0 fully saturated rings. The third kappa shape index (κ3) is 1.96. The molecule has 3 heteroatoms. The summed E-state index contributed by atoms with van der Waals surface area (Å²) in [5, 5.41) is 0. The molecular weight excluding hydrogens is 188 g/mol. The van der Waals surface area contributed by atoms with Crippen LogP contribution in [0.4, 0.5) is 0 Å². The van der Waals surface area contributed by atoms with Gasteiger partial charge < -0.3 is 9.64 Å². The minimum atomic E-state index is 0.0589. The molecule has 2 unspecified atom stereocenters. The summed E-state index contributed by atoms with van der Waals surface area (Å²) in [6, 6.07) is 11.1. The number of nitrogens with zero attached hydrogens (tertiary/aromatic N) is 2. The summed E-state index contributed by atoms with van der Waals surface area (Å²) >= 11 is 0. The molecule has 2 atom stereocenters. The predicted octanol–water partition coefficient (Wildman–Crippen LogP) is 2.06. The lowest BCUT2D eigenvalue weighted by Gasteiger charge is -2.17. The van der Waals surface area contributed by atoms with Crippen LogP contribution in [0.1, 0.15) is 18.6 Å². The Balaban J connectivity index is 2.16. The zero-order chi connectivity index (χ0) is 10.8. The van der Waals surface area contributed by atoms with E-state index in [1.54, 1.807) is 0 Å². The number of benzene rings is 1. The van der Waals surface area contributed by atoms with Gasteiger partial charge >= 0.3 is 0 Å². The minimum absolute atomic E-state index is 0.0589. The molecule has 0 radical (unpaired) electrons. The number of ether oxygens (including phenoxy) is 1. The molecule has 0 spiro atoms. The van der Waals surface area contributed by atoms with Gasteiger partial charge in [-0.25, -0.2) is 4.99 Å². The molecule has 0 aliphatic carbocycles. The number of aliphatic imine (C=N–C) groups is 1. The zero-order valence-corrected chi connectivity index (χ0v) is 9.34. The second-order valence-corrected chi connectivity index (χ2v) is 4.00. The van der Waals surface area contributed by atoms with Crippen LogP contribution in [0, 0.1) is 0 Å². The van der Waals surface area contributed by atoms with Crippen molar-refractivity contribution in [2.24, 2.45) is 4.99 Å². The van der Waals surface area contributed by atoms with Crippen LogP contribution in [0.15, 0.2) is 35.3 Å². The van der Waals surface area contributed by atoms with E-state index in [1.165, 1.54) is 5.56 Å². The average Bonchev–Trinajstić information content (AvgIpc) is 2.62. The van der Waals surface area contributed by atoms with Crippen LogP contribution < -0.4 is 0 Å². The molecule has 1 aliphatic heterocycles. The fourth-order valence-electron chi connectivity index (χ4n) is 1.69. The normalized spacial score (nSPS) is 24.6. The van der Waals surface area contributed by atoms with Crippen molar-refractivity contribution >= 4 is 6.02 Å². The Kier molecular flexibility index (Phi) is 2.62. The van der Waals surface area contributed by atoms with E-state index < -0.39 is 0 Å². The van der Waals surface area contributed by atoms with Crippen molar-refractivity contribution in [3.8, 4) is 0 Å². The van der Waals surface area contributed by atoms with Gasteiger partial charge in [-0.1, -0.05) is 30.3 Å². The Morgan fingerprint density at radius 2 is 1.87 bits per heavy atom. The summed E-state index contributed by atoms with van der Waals surface area (Å²) in [4.78, 5) is 6.37. The van der Waals surface area contributed by atoms with Crippen molar-refractivity contribution < 1.29 is 4.74 Å². The molecular formula is C12H16N2O. The molecule has 80 valence electrons. The van der Waals surface area contributed by atoms with E-state index >= 15 is 0 Å². The quantitative estimate of drug-likeness (QED) is 0.699. The van der Waals surface area contributed by atoms with Gasteiger partial charge in [0.2, 0.25) is 0 Å². The van der Waals surface area contributed by atoms with E-state index in [0.717, 1.165) is 6.02 Å². The van der Waals surface area contributed by atoms with Crippen molar-refractivity contribution in [3.63, 3.8) is 0 Å². The van der Waals surface area contributed by atoms with E-state index in [4.69, 9.17) is 4.74 Å². The van der Waals surface area contributed by atoms with Crippen LogP contribution >= 0.6 is 0 Å². The van der Waals surface area contributed by atoms with Crippen LogP contribution in [-0.2, 0) is 4.74 Å². The molecule has 2 rings (SSSR count). The van der Waals surface area contributed by atoms with Gasteiger partial charge in [0.1, 0.15) is 6.10 Å². The number of hydrogen-bond donors (Lipinski definition) is 0. The maximum absolute atomic E-state index is 5.80. The molecule has 1 heterocycles. The predicted molar refractivity (Wildman–Crippen MR) is 60.9 cm³/mol. The third-order valence-electron chi connectivity index (χ3n) is 2.50. The van der Waals surface area contributed by atoms with Crippen molar-refractivity contribution in [2.75, 3.05) is 14.1 Å². The summed E-state index contributed by atoms with van der Waals surface area (Å²) in [6.07, 6.45) is 0.0589. The molecule has 0 aromatic heterocycles. The van der Waals surface area contributed by atoms with Gasteiger partial charge in [-0.15, -0.1) is 0 Å². The van der Waals surface area contributed by atoms with Gasteiger partial charge in [0, 0.05) is 14.1 Å². The first-order valence-corrected chi connectivity index (χ1v) is 5.15. The second-order valence-electron chi connectivity index (χ2n) is 4.00. The molecule has 0 amide bonds. The van der Waals surface area contributed by atoms with E-state index in [1.807, 2.05) is 37.2 Å². The van der Waals surface area contributed by atoms with Gasteiger partial charge in [0.15, 0.2) is 0 Å². The SMILES string of the molecule is CC1N=C(N(C)C)OC1c1ccccc1. The van der Waals surface area contributed by atoms with Gasteiger partial charge in [-0.05, 0) is 12.5 Å². The molecule has 1 aromatic rings. The Hall–Kier alpha value is -1.51. The number of amidine groups is 1. The lowest BCUT2D eigenvalue weighted by Crippen LogP contribution is -2.22. The Bertz CT molecular complexity index is 359. The summed E-state index contributed by atoms with van der Waals surface area (Å²) in [7, 11) is 3.89. The molecule has 0 saturated carbocycles. The van der Waals surface area contributed by atoms with Crippen molar-refractivity contribution in [1.82, 2.24) is 4.90 Å². The maximum atomic E-state index is 5.80. The van der Waals surface area contributed by atoms with Crippen molar-refractivity contribution in [2.45, 2.75) is 19.1 Å². The highest BCUT2D eigenvalue weighted by molar-refractivity contribution is 5.75. The summed E-state index contributed by atoms with van der Waals surface area (Å²) in [5.74, 6) is 0. The van der Waals surface area contributed by atoms with E-state index in [-0.39, 0.29) is 12.1 Å². The van der Waals surface area contributed by atoms with E-state index in [2.05, 4.69) is 24.0 Å². The van der Waals surface area contributed by atoms with Gasteiger partial charge in [0.05, 0.1) is 6.04 Å². The topological polar surface area (TPSA) is 24.8 Å². The highest BCUT2D eigenvalue weighted by Crippen LogP contribution is 2.28. The standard InChI is InChI=1S/C12H16N2O/c1-9-11(10-7-5-4-6-8-10)15-12(13-9)14(2)3/h4-9,11H,1-3H3. The monoisotopic (exact) mass is 204 g/mol. The summed E-state index contributed by atoms with van der Waals surface area (Å²) < 4.78 is 5.80. The molecule has 3 nitrogen and oxygen atoms in total. The first kappa shape index (κ1) is 10.0. The molecule has 15 heavy (non-hydrogen) atoms. The van der Waals surface area contributed by atoms with Crippen LogP contribution in [0.2, 0.25) is 0 Å². The first-order valence-electron chi connectivity index (χ1n) is 5.15. The highest BCUT2D eigenvalue weighted by atomic mass is 16.5. The smallest absolute Gasteiger partial charge is 0.287 e. The first-order chi connectivity index (χ1) is 7.18.